The zero-order valence-corrected chi connectivity index (χ0v) is 14.2. The number of carbonyl (C=O) groups is 2. The molecular formula is C15H12N4O4S2. The topological polar surface area (TPSA) is 123 Å². The molecule has 2 aromatic rings. The van der Waals surface area contributed by atoms with Gasteiger partial charge in [0.1, 0.15) is 5.57 Å². The number of carbonyl (C=O) groups excluding carboxylic acids is 2. The van der Waals surface area contributed by atoms with Crippen LogP contribution in [-0.2, 0) is 19.6 Å². The van der Waals surface area contributed by atoms with Crippen LogP contribution in [-0.4, -0.2) is 29.9 Å². The van der Waals surface area contributed by atoms with Gasteiger partial charge in [0, 0.05) is 17.6 Å². The summed E-state index contributed by atoms with van der Waals surface area (Å²) in [4.78, 5) is 23.8. The van der Waals surface area contributed by atoms with E-state index in [0.717, 1.165) is 0 Å². The van der Waals surface area contributed by atoms with Crippen LogP contribution < -0.4 is 15.8 Å². The number of benzene rings is 1. The van der Waals surface area contributed by atoms with Crippen molar-refractivity contribution >= 4 is 45.2 Å². The first-order valence-corrected chi connectivity index (χ1v) is 8.90. The van der Waals surface area contributed by atoms with Crippen molar-refractivity contribution in [2.75, 3.05) is 0 Å². The molecule has 1 saturated heterocycles. The summed E-state index contributed by atoms with van der Waals surface area (Å²) in [6.07, 6.45) is 3.13. The molecule has 0 spiro atoms. The van der Waals surface area contributed by atoms with Gasteiger partial charge in [0.05, 0.1) is 4.90 Å². The Labute approximate surface area is 148 Å². The zero-order valence-electron chi connectivity index (χ0n) is 12.6. The normalized spacial score (nSPS) is 14.9. The van der Waals surface area contributed by atoms with Crippen molar-refractivity contribution in [3.05, 3.63) is 53.9 Å². The van der Waals surface area contributed by atoms with Crippen LogP contribution in [0, 0.1) is 0 Å². The molecule has 3 rings (SSSR count). The lowest BCUT2D eigenvalue weighted by Gasteiger charge is -2.16. The average molecular weight is 376 g/mol. The number of aromatic nitrogens is 1. The van der Waals surface area contributed by atoms with Gasteiger partial charge in [0.25, 0.3) is 11.8 Å². The number of rotatable bonds is 3. The molecule has 0 aliphatic carbocycles. The van der Waals surface area contributed by atoms with Crippen molar-refractivity contribution in [3.8, 4) is 5.69 Å². The van der Waals surface area contributed by atoms with Crippen LogP contribution in [0.15, 0.2) is 53.1 Å². The van der Waals surface area contributed by atoms with Crippen molar-refractivity contribution in [3.63, 3.8) is 0 Å². The summed E-state index contributed by atoms with van der Waals surface area (Å²) in [6, 6.07) is 9.31. The highest BCUT2D eigenvalue weighted by molar-refractivity contribution is 7.89. The van der Waals surface area contributed by atoms with Crippen LogP contribution in [0.3, 0.4) is 0 Å². The number of sulfonamides is 1. The number of thiocarbonyl (C=S) groups is 1. The average Bonchev–Trinajstić information content (AvgIpc) is 2.98. The standard InChI is InChI=1S/C15H12N4O4S2/c16-25(22,23)11-5-3-9(4-6-11)19-7-1-2-10(19)8-12-13(20)17-15(24)18-14(12)21/h1-8H,(H2,16,22,23)(H2,17,18,20,21,24). The molecule has 0 atom stereocenters. The maximum atomic E-state index is 11.9. The van der Waals surface area contributed by atoms with E-state index in [1.807, 2.05) is 0 Å². The molecular weight excluding hydrogens is 364 g/mol. The van der Waals surface area contributed by atoms with E-state index < -0.39 is 21.8 Å². The molecule has 4 N–H and O–H groups in total. The zero-order chi connectivity index (χ0) is 18.2. The Morgan fingerprint density at radius 1 is 1.04 bits per heavy atom. The Balaban J connectivity index is 1.99. The highest BCUT2D eigenvalue weighted by Gasteiger charge is 2.26. The van der Waals surface area contributed by atoms with Gasteiger partial charge in [-0.25, -0.2) is 13.6 Å². The summed E-state index contributed by atoms with van der Waals surface area (Å²) in [7, 11) is -3.78. The molecule has 1 aliphatic rings. The second-order valence-electron chi connectivity index (χ2n) is 5.14. The van der Waals surface area contributed by atoms with Crippen molar-refractivity contribution in [2.45, 2.75) is 4.90 Å². The monoisotopic (exact) mass is 376 g/mol. The maximum Gasteiger partial charge on any atom is 0.263 e. The third kappa shape index (κ3) is 3.50. The van der Waals surface area contributed by atoms with Crippen molar-refractivity contribution < 1.29 is 18.0 Å². The highest BCUT2D eigenvalue weighted by atomic mass is 32.2. The maximum absolute atomic E-state index is 11.9. The van der Waals surface area contributed by atoms with Gasteiger partial charge >= 0.3 is 0 Å². The molecule has 1 fully saturated rings. The Kier molecular flexibility index (Phi) is 4.25. The number of amides is 2. The Bertz CT molecular complexity index is 998. The number of hydrogen-bond acceptors (Lipinski definition) is 5. The van der Waals surface area contributed by atoms with Gasteiger partial charge in [-0.15, -0.1) is 0 Å². The van der Waals surface area contributed by atoms with E-state index in [-0.39, 0.29) is 15.6 Å². The lowest BCUT2D eigenvalue weighted by Crippen LogP contribution is -2.51. The van der Waals surface area contributed by atoms with Crippen molar-refractivity contribution in [2.24, 2.45) is 5.14 Å². The number of primary sulfonamides is 1. The Morgan fingerprint density at radius 2 is 1.64 bits per heavy atom. The fraction of sp³-hybridized carbons (Fsp3) is 0. The molecule has 10 heteroatoms. The molecule has 1 aromatic carbocycles. The molecule has 0 bridgehead atoms. The van der Waals surface area contributed by atoms with Crippen LogP contribution in [0.1, 0.15) is 5.69 Å². The highest BCUT2D eigenvalue weighted by Crippen LogP contribution is 2.18. The first-order chi connectivity index (χ1) is 11.8. The van der Waals surface area contributed by atoms with Crippen molar-refractivity contribution in [1.82, 2.24) is 15.2 Å². The van der Waals surface area contributed by atoms with Gasteiger partial charge in [-0.1, -0.05) is 0 Å². The second kappa shape index (κ2) is 6.24. The van der Waals surface area contributed by atoms with Gasteiger partial charge < -0.3 is 4.57 Å². The minimum Gasteiger partial charge on any atom is -0.317 e. The van der Waals surface area contributed by atoms with E-state index in [4.69, 9.17) is 17.4 Å². The first kappa shape index (κ1) is 17.0. The summed E-state index contributed by atoms with van der Waals surface area (Å²) in [5, 5.41) is 9.75. The predicted molar refractivity (Wildman–Crippen MR) is 94.0 cm³/mol. The molecule has 8 nitrogen and oxygen atoms in total. The second-order valence-corrected chi connectivity index (χ2v) is 7.11. The van der Waals surface area contributed by atoms with Crippen LogP contribution in [0.25, 0.3) is 11.8 Å². The Morgan fingerprint density at radius 3 is 2.20 bits per heavy atom. The van der Waals surface area contributed by atoms with E-state index in [1.165, 1.54) is 18.2 Å². The minimum absolute atomic E-state index is 0.0112. The number of nitrogens with zero attached hydrogens (tertiary/aromatic N) is 1. The lowest BCUT2D eigenvalue weighted by molar-refractivity contribution is -0.123. The fourth-order valence-electron chi connectivity index (χ4n) is 2.30. The van der Waals surface area contributed by atoms with Gasteiger partial charge in [0.15, 0.2) is 5.11 Å². The van der Waals surface area contributed by atoms with E-state index >= 15 is 0 Å². The molecule has 0 unspecified atom stereocenters. The fourth-order valence-corrected chi connectivity index (χ4v) is 3.00. The van der Waals surface area contributed by atoms with Crippen molar-refractivity contribution in [1.29, 1.82) is 0 Å². The summed E-state index contributed by atoms with van der Waals surface area (Å²) >= 11 is 4.75. The number of nitrogens with two attached hydrogens (primary N) is 1. The first-order valence-electron chi connectivity index (χ1n) is 6.95. The van der Waals surface area contributed by atoms with Crippen LogP contribution >= 0.6 is 12.2 Å². The van der Waals surface area contributed by atoms with E-state index in [0.29, 0.717) is 11.4 Å². The lowest BCUT2D eigenvalue weighted by atomic mass is 10.1. The minimum atomic E-state index is -3.78. The summed E-state index contributed by atoms with van der Waals surface area (Å²) in [5.74, 6) is -1.18. The smallest absolute Gasteiger partial charge is 0.263 e. The van der Waals surface area contributed by atoms with Gasteiger partial charge in [-0.3, -0.25) is 20.2 Å². The summed E-state index contributed by atoms with van der Waals surface area (Å²) in [6.45, 7) is 0. The molecule has 1 aromatic heterocycles. The molecule has 25 heavy (non-hydrogen) atoms. The SMILES string of the molecule is NS(=O)(=O)c1ccc(-n2cccc2C=C2C(=O)NC(=S)NC2=O)cc1. The molecule has 0 saturated carbocycles. The van der Waals surface area contributed by atoms with E-state index in [1.54, 1.807) is 35.0 Å². The molecule has 2 amide bonds. The number of hydrogen-bond donors (Lipinski definition) is 3. The predicted octanol–water partition coefficient (Wildman–Crippen LogP) is 0.0390. The van der Waals surface area contributed by atoms with Gasteiger partial charge in [-0.05, 0) is 54.7 Å². The quantitative estimate of drug-likeness (QED) is 0.396. The van der Waals surface area contributed by atoms with E-state index in [9.17, 15) is 18.0 Å². The van der Waals surface area contributed by atoms with Crippen LogP contribution in [0.2, 0.25) is 0 Å². The molecule has 2 heterocycles. The van der Waals surface area contributed by atoms with E-state index in [2.05, 4.69) is 10.6 Å². The van der Waals surface area contributed by atoms with Gasteiger partial charge in [-0.2, -0.15) is 0 Å². The molecule has 0 radical (unpaired) electrons. The van der Waals surface area contributed by atoms with Gasteiger partial charge in [0.2, 0.25) is 10.0 Å². The van der Waals surface area contributed by atoms with Crippen LogP contribution in [0.4, 0.5) is 0 Å². The summed E-state index contributed by atoms with van der Waals surface area (Å²) in [5.41, 5.74) is 1.10. The third-order valence-corrected chi connectivity index (χ3v) is 4.59. The largest absolute Gasteiger partial charge is 0.317 e. The molecule has 128 valence electrons. The third-order valence-electron chi connectivity index (χ3n) is 3.46. The number of nitrogens with one attached hydrogen (secondary N) is 2. The molecule has 1 aliphatic heterocycles. The Hall–Kier alpha value is -2.82. The summed E-state index contributed by atoms with van der Waals surface area (Å²) < 4.78 is 24.3. The van der Waals surface area contributed by atoms with Crippen LogP contribution in [0.5, 0.6) is 0 Å².